The molecule has 1 heterocycles. The van der Waals surface area contributed by atoms with Gasteiger partial charge in [-0.15, -0.1) is 0 Å². The van der Waals surface area contributed by atoms with E-state index >= 15 is 0 Å². The van der Waals surface area contributed by atoms with Gasteiger partial charge in [-0.1, -0.05) is 24.3 Å². The Bertz CT molecular complexity index is 816. The third-order valence-corrected chi connectivity index (χ3v) is 5.46. The summed E-state index contributed by atoms with van der Waals surface area (Å²) in [5.41, 5.74) is 3.33. The van der Waals surface area contributed by atoms with Crippen LogP contribution in [-0.2, 0) is 0 Å². The number of anilines is 1. The number of hydrogen-bond donors (Lipinski definition) is 3. The number of hydrogen-bond acceptors (Lipinski definition) is 4. The summed E-state index contributed by atoms with van der Waals surface area (Å²) < 4.78 is 5.17. The lowest BCUT2D eigenvalue weighted by molar-refractivity contribution is 0.187. The highest BCUT2D eigenvalue weighted by atomic mass is 16.5. The first kappa shape index (κ1) is 22.0. The smallest absolute Gasteiger partial charge is 0.191 e. The molecule has 162 valence electrons. The summed E-state index contributed by atoms with van der Waals surface area (Å²) in [6, 6.07) is 16.2. The molecule has 0 saturated carbocycles. The zero-order valence-electron chi connectivity index (χ0n) is 18.3. The maximum absolute atomic E-state index is 10.5. The molecule has 0 amide bonds. The second kappa shape index (κ2) is 10.9. The van der Waals surface area contributed by atoms with Crippen molar-refractivity contribution in [1.82, 2.24) is 10.6 Å². The van der Waals surface area contributed by atoms with Crippen LogP contribution < -0.4 is 20.3 Å². The summed E-state index contributed by atoms with van der Waals surface area (Å²) in [6.45, 7) is 7.48. The Morgan fingerprint density at radius 1 is 1.13 bits per heavy atom. The highest BCUT2D eigenvalue weighted by Crippen LogP contribution is 2.24. The van der Waals surface area contributed by atoms with Crippen LogP contribution in [0.1, 0.15) is 50.0 Å². The molecule has 0 aliphatic carbocycles. The van der Waals surface area contributed by atoms with E-state index in [-0.39, 0.29) is 12.6 Å². The van der Waals surface area contributed by atoms with Gasteiger partial charge < -0.3 is 25.4 Å². The number of rotatable bonds is 8. The van der Waals surface area contributed by atoms with Crippen LogP contribution in [0.15, 0.2) is 53.5 Å². The fraction of sp³-hybridized carbons (Fsp3) is 0.458. The minimum absolute atomic E-state index is 0.100. The van der Waals surface area contributed by atoms with E-state index in [9.17, 15) is 5.11 Å². The number of benzene rings is 2. The first-order chi connectivity index (χ1) is 14.6. The van der Waals surface area contributed by atoms with Gasteiger partial charge in [-0.05, 0) is 62.1 Å². The zero-order chi connectivity index (χ0) is 21.3. The molecule has 2 aromatic rings. The predicted octanol–water partition coefficient (Wildman–Crippen LogP) is 3.65. The second-order valence-electron chi connectivity index (χ2n) is 7.66. The van der Waals surface area contributed by atoms with E-state index in [1.807, 2.05) is 31.2 Å². The van der Waals surface area contributed by atoms with Gasteiger partial charge in [0.05, 0.1) is 25.8 Å². The molecule has 3 rings (SSSR count). The van der Waals surface area contributed by atoms with Gasteiger partial charge >= 0.3 is 0 Å². The Hall–Kier alpha value is -2.73. The van der Waals surface area contributed by atoms with E-state index in [1.165, 1.54) is 24.1 Å². The van der Waals surface area contributed by atoms with Gasteiger partial charge in [0.1, 0.15) is 5.75 Å². The third kappa shape index (κ3) is 5.89. The van der Waals surface area contributed by atoms with Crippen LogP contribution in [-0.4, -0.2) is 44.4 Å². The van der Waals surface area contributed by atoms with Gasteiger partial charge in [-0.25, -0.2) is 0 Å². The second-order valence-corrected chi connectivity index (χ2v) is 7.66. The van der Waals surface area contributed by atoms with Crippen LogP contribution in [0.2, 0.25) is 0 Å². The van der Waals surface area contributed by atoms with Gasteiger partial charge in [-0.2, -0.15) is 0 Å². The summed E-state index contributed by atoms with van der Waals surface area (Å²) in [6.07, 6.45) is 1.87. The van der Waals surface area contributed by atoms with E-state index in [2.05, 4.69) is 51.7 Å². The number of ether oxygens (including phenoxy) is 1. The lowest BCUT2D eigenvalue weighted by Gasteiger charge is -2.22. The normalized spacial score (nSPS) is 16.3. The molecule has 2 aromatic carbocycles. The standard InChI is InChI=1S/C24H34N4O2/c1-4-25-24(26-17-23(29)19-10-12-22(30-3)13-11-19)27-18(2)20-8-7-9-21(16-20)28-14-5-6-15-28/h7-13,16,18,23,29H,4-6,14-15,17H2,1-3H3,(H2,25,26,27). The number of aliphatic hydroxyl groups excluding tert-OH is 1. The number of aliphatic imine (C=N–C) groups is 1. The van der Waals surface area contributed by atoms with Gasteiger partial charge in [-0.3, -0.25) is 4.99 Å². The largest absolute Gasteiger partial charge is 0.497 e. The SMILES string of the molecule is CCNC(=NCC(O)c1ccc(OC)cc1)NC(C)c1cccc(N2CCCC2)c1. The molecule has 1 aliphatic heterocycles. The Morgan fingerprint density at radius 2 is 1.87 bits per heavy atom. The molecule has 2 unspecified atom stereocenters. The zero-order valence-corrected chi connectivity index (χ0v) is 18.3. The van der Waals surface area contributed by atoms with Crippen LogP contribution in [0.4, 0.5) is 5.69 Å². The Kier molecular flexibility index (Phi) is 7.97. The summed E-state index contributed by atoms with van der Waals surface area (Å²) in [7, 11) is 1.63. The molecular weight excluding hydrogens is 376 g/mol. The van der Waals surface area contributed by atoms with E-state index in [4.69, 9.17) is 4.74 Å². The average Bonchev–Trinajstić information content (AvgIpc) is 3.32. The summed E-state index contributed by atoms with van der Waals surface area (Å²) >= 11 is 0. The molecule has 3 N–H and O–H groups in total. The average molecular weight is 411 g/mol. The van der Waals surface area contributed by atoms with Crippen molar-refractivity contribution in [3.05, 3.63) is 59.7 Å². The molecular formula is C24H34N4O2. The van der Waals surface area contributed by atoms with Crippen LogP contribution >= 0.6 is 0 Å². The van der Waals surface area contributed by atoms with Crippen molar-refractivity contribution in [3.63, 3.8) is 0 Å². The van der Waals surface area contributed by atoms with E-state index in [0.717, 1.165) is 30.9 Å². The van der Waals surface area contributed by atoms with Crippen molar-refractivity contribution in [2.24, 2.45) is 4.99 Å². The van der Waals surface area contributed by atoms with Gasteiger partial charge in [0.25, 0.3) is 0 Å². The van der Waals surface area contributed by atoms with Crippen molar-refractivity contribution in [3.8, 4) is 5.75 Å². The first-order valence-electron chi connectivity index (χ1n) is 10.8. The minimum Gasteiger partial charge on any atom is -0.497 e. The van der Waals surface area contributed by atoms with E-state index in [0.29, 0.717) is 5.96 Å². The molecule has 1 aliphatic rings. The van der Waals surface area contributed by atoms with E-state index in [1.54, 1.807) is 7.11 Å². The summed E-state index contributed by atoms with van der Waals surface area (Å²) in [4.78, 5) is 7.05. The molecule has 1 fully saturated rings. The number of guanidine groups is 1. The summed E-state index contributed by atoms with van der Waals surface area (Å²) in [5, 5.41) is 17.2. The van der Waals surface area contributed by atoms with E-state index < -0.39 is 6.10 Å². The predicted molar refractivity (Wildman–Crippen MR) is 123 cm³/mol. The van der Waals surface area contributed by atoms with Crippen LogP contribution in [0.5, 0.6) is 5.75 Å². The number of aliphatic hydroxyl groups is 1. The highest BCUT2D eigenvalue weighted by molar-refractivity contribution is 5.80. The van der Waals surface area contributed by atoms with Crippen LogP contribution in [0.25, 0.3) is 0 Å². The van der Waals surface area contributed by atoms with Crippen molar-refractivity contribution < 1.29 is 9.84 Å². The first-order valence-corrected chi connectivity index (χ1v) is 10.8. The monoisotopic (exact) mass is 410 g/mol. The van der Waals surface area contributed by atoms with Gasteiger partial charge in [0, 0.05) is 25.3 Å². The molecule has 0 spiro atoms. The lowest BCUT2D eigenvalue weighted by Crippen LogP contribution is -2.39. The molecule has 2 atom stereocenters. The minimum atomic E-state index is -0.667. The Labute approximate surface area is 180 Å². The number of nitrogens with zero attached hydrogens (tertiary/aromatic N) is 2. The van der Waals surface area contributed by atoms with Crippen LogP contribution in [0, 0.1) is 0 Å². The van der Waals surface area contributed by atoms with Crippen LogP contribution in [0.3, 0.4) is 0 Å². The lowest BCUT2D eigenvalue weighted by atomic mass is 10.1. The Balaban J connectivity index is 1.64. The fourth-order valence-electron chi connectivity index (χ4n) is 3.68. The molecule has 30 heavy (non-hydrogen) atoms. The highest BCUT2D eigenvalue weighted by Gasteiger charge is 2.15. The number of nitrogens with one attached hydrogen (secondary N) is 2. The molecule has 1 saturated heterocycles. The Morgan fingerprint density at radius 3 is 2.53 bits per heavy atom. The quantitative estimate of drug-likeness (QED) is 0.458. The van der Waals surface area contributed by atoms with Crippen molar-refractivity contribution >= 4 is 11.6 Å². The summed E-state index contributed by atoms with van der Waals surface area (Å²) in [5.74, 6) is 1.47. The van der Waals surface area contributed by atoms with Gasteiger partial charge in [0.2, 0.25) is 0 Å². The van der Waals surface area contributed by atoms with Crippen molar-refractivity contribution in [2.75, 3.05) is 38.2 Å². The molecule has 0 aromatic heterocycles. The van der Waals surface area contributed by atoms with Crippen molar-refractivity contribution in [2.45, 2.75) is 38.8 Å². The maximum Gasteiger partial charge on any atom is 0.191 e. The number of methoxy groups -OCH3 is 1. The van der Waals surface area contributed by atoms with Crippen molar-refractivity contribution in [1.29, 1.82) is 0 Å². The fourth-order valence-corrected chi connectivity index (χ4v) is 3.68. The molecule has 0 bridgehead atoms. The van der Waals surface area contributed by atoms with Gasteiger partial charge in [0.15, 0.2) is 5.96 Å². The topological polar surface area (TPSA) is 69.1 Å². The molecule has 6 nitrogen and oxygen atoms in total. The third-order valence-electron chi connectivity index (χ3n) is 5.46. The molecule has 0 radical (unpaired) electrons. The maximum atomic E-state index is 10.5. The molecule has 6 heteroatoms.